The molecule has 7 heteroatoms. The molecule has 3 heterocycles. The molecule has 2 fully saturated rings. The Morgan fingerprint density at radius 2 is 1.74 bits per heavy atom. The molecule has 0 amide bonds. The van der Waals surface area contributed by atoms with E-state index < -0.39 is 11.9 Å². The number of ether oxygens (including phenoxy) is 3. The third-order valence-corrected chi connectivity index (χ3v) is 7.38. The highest BCUT2D eigenvalue weighted by Crippen LogP contribution is 2.43. The molecule has 0 aliphatic carbocycles. The number of hydrogen-bond acceptors (Lipinski definition) is 5. The van der Waals surface area contributed by atoms with Crippen molar-refractivity contribution in [3.05, 3.63) is 76.8 Å². The predicted molar refractivity (Wildman–Crippen MR) is 151 cm³/mol. The maximum Gasteiger partial charge on any atom is 0.330 e. The number of fused-ring (bicyclic) bond motifs is 1. The molecule has 0 bridgehead atoms. The highest BCUT2D eigenvalue weighted by Gasteiger charge is 2.38. The van der Waals surface area contributed by atoms with E-state index in [4.69, 9.17) is 14.2 Å². The summed E-state index contributed by atoms with van der Waals surface area (Å²) in [5, 5.41) is 4.73. The van der Waals surface area contributed by atoms with E-state index >= 15 is 4.39 Å². The smallest absolute Gasteiger partial charge is 0.330 e. The van der Waals surface area contributed by atoms with E-state index in [2.05, 4.69) is 51.0 Å². The average Bonchev–Trinajstić information content (AvgIpc) is 3.22. The molecular weight excluding hydrogens is 495 g/mol. The van der Waals surface area contributed by atoms with Gasteiger partial charge in [0.2, 0.25) is 5.95 Å². The van der Waals surface area contributed by atoms with E-state index in [9.17, 15) is 4.79 Å². The molecule has 0 spiro atoms. The lowest BCUT2D eigenvalue weighted by Crippen LogP contribution is -2.42. The van der Waals surface area contributed by atoms with Crippen molar-refractivity contribution in [1.82, 2.24) is 9.78 Å². The Morgan fingerprint density at radius 3 is 2.38 bits per heavy atom. The maximum atomic E-state index is 15.3. The minimum absolute atomic E-state index is 0.239. The van der Waals surface area contributed by atoms with Gasteiger partial charge in [-0.05, 0) is 100 Å². The lowest BCUT2D eigenvalue weighted by molar-refractivity contribution is -0.139. The number of nitrogens with zero attached hydrogens (tertiary/aromatic N) is 2. The zero-order valence-electron chi connectivity index (χ0n) is 23.4. The van der Waals surface area contributed by atoms with Gasteiger partial charge in [-0.3, -0.25) is 0 Å². The molecule has 6 nitrogen and oxygen atoms in total. The molecule has 5 rings (SSSR count). The third-order valence-electron chi connectivity index (χ3n) is 7.38. The fraction of sp³-hybridized carbons (Fsp3) is 0.438. The lowest BCUT2D eigenvalue weighted by Gasteiger charge is -2.43. The van der Waals surface area contributed by atoms with Crippen LogP contribution in [0.3, 0.4) is 0 Å². The number of esters is 1. The van der Waals surface area contributed by atoms with E-state index in [0.717, 1.165) is 59.9 Å². The molecule has 2 aliphatic heterocycles. The first-order chi connectivity index (χ1) is 18.5. The van der Waals surface area contributed by atoms with Gasteiger partial charge in [0, 0.05) is 12.7 Å². The molecule has 206 valence electrons. The van der Waals surface area contributed by atoms with Crippen LogP contribution in [0.1, 0.15) is 82.7 Å². The topological polar surface area (TPSA) is 62.6 Å². The van der Waals surface area contributed by atoms with Gasteiger partial charge in [-0.25, -0.2) is 9.48 Å². The molecule has 0 radical (unpaired) electrons. The number of rotatable bonds is 5. The van der Waals surface area contributed by atoms with E-state index in [1.54, 1.807) is 10.8 Å². The number of carbonyl (C=O) groups excluding carboxylic acids is 1. The van der Waals surface area contributed by atoms with Crippen molar-refractivity contribution in [2.75, 3.05) is 13.7 Å². The summed E-state index contributed by atoms with van der Waals surface area (Å²) in [6, 6.07) is 14.0. The highest BCUT2D eigenvalue weighted by molar-refractivity contribution is 5.90. The van der Waals surface area contributed by atoms with Gasteiger partial charge in [-0.2, -0.15) is 4.39 Å². The van der Waals surface area contributed by atoms with Crippen molar-refractivity contribution >= 4 is 28.5 Å². The Labute approximate surface area is 229 Å². The predicted octanol–water partition coefficient (Wildman–Crippen LogP) is 7.23. The SMILES string of the molecule is COC(=O)/C=C/c1ccc(C(=C2CC(C)(C)OC(C)(C)C2)c2ccc3c(c2)c(F)nn3C2CCCCO2)cc1. The molecule has 1 atom stereocenters. The van der Waals surface area contributed by atoms with Gasteiger partial charge in [0.1, 0.15) is 0 Å². The summed E-state index contributed by atoms with van der Waals surface area (Å²) < 4.78 is 33.9. The number of aromatic nitrogens is 2. The molecule has 2 aromatic carbocycles. The van der Waals surface area contributed by atoms with E-state index in [0.29, 0.717) is 12.0 Å². The zero-order chi connectivity index (χ0) is 27.8. The fourth-order valence-corrected chi connectivity index (χ4v) is 6.05. The van der Waals surface area contributed by atoms with Crippen LogP contribution in [0.5, 0.6) is 0 Å². The molecule has 2 aliphatic rings. The summed E-state index contributed by atoms with van der Waals surface area (Å²) in [7, 11) is 1.36. The fourth-order valence-electron chi connectivity index (χ4n) is 6.05. The molecule has 0 saturated carbocycles. The van der Waals surface area contributed by atoms with Gasteiger partial charge in [0.05, 0.1) is 29.2 Å². The van der Waals surface area contributed by atoms with Crippen LogP contribution in [0.25, 0.3) is 22.6 Å². The number of hydrogen-bond donors (Lipinski definition) is 0. The Kier molecular flexibility index (Phi) is 7.49. The molecule has 3 aromatic rings. The Bertz CT molecular complexity index is 1410. The number of halogens is 1. The first-order valence-electron chi connectivity index (χ1n) is 13.6. The van der Waals surface area contributed by atoms with Gasteiger partial charge in [0.25, 0.3) is 0 Å². The Balaban J connectivity index is 1.62. The second kappa shape index (κ2) is 10.7. The van der Waals surface area contributed by atoms with Crippen molar-refractivity contribution < 1.29 is 23.4 Å². The third kappa shape index (κ3) is 5.99. The molecule has 2 saturated heterocycles. The minimum Gasteiger partial charge on any atom is -0.466 e. The normalized spacial score (nSPS) is 20.9. The van der Waals surface area contributed by atoms with Crippen molar-refractivity contribution in [2.24, 2.45) is 0 Å². The van der Waals surface area contributed by atoms with Crippen LogP contribution in [0.4, 0.5) is 4.39 Å². The van der Waals surface area contributed by atoms with Gasteiger partial charge < -0.3 is 14.2 Å². The second-order valence-electron chi connectivity index (χ2n) is 11.7. The van der Waals surface area contributed by atoms with Crippen molar-refractivity contribution in [3.8, 4) is 0 Å². The van der Waals surface area contributed by atoms with Gasteiger partial charge in [0.15, 0.2) is 6.23 Å². The van der Waals surface area contributed by atoms with Crippen LogP contribution in [-0.4, -0.2) is 40.7 Å². The van der Waals surface area contributed by atoms with Crippen LogP contribution >= 0.6 is 0 Å². The van der Waals surface area contributed by atoms with Crippen molar-refractivity contribution in [2.45, 2.75) is 77.2 Å². The Morgan fingerprint density at radius 1 is 1.05 bits per heavy atom. The monoisotopic (exact) mass is 532 g/mol. The van der Waals surface area contributed by atoms with Crippen LogP contribution in [0.2, 0.25) is 0 Å². The summed E-state index contributed by atoms with van der Waals surface area (Å²) in [5.41, 5.74) is 5.24. The summed E-state index contributed by atoms with van der Waals surface area (Å²) >= 11 is 0. The standard InChI is InChI=1S/C32H37FN2O4/c1-31(2)19-24(20-32(3,4)39-31)29(22-12-9-21(10-13-22)11-16-28(36)37-5)23-14-15-26-25(18-23)30(33)34-35(26)27-8-6-7-17-38-27/h9-16,18,27H,6-8,17,19-20H2,1-5H3/b16-11+. The molecule has 1 aromatic heterocycles. The van der Waals surface area contributed by atoms with Gasteiger partial charge >= 0.3 is 5.97 Å². The average molecular weight is 533 g/mol. The van der Waals surface area contributed by atoms with Gasteiger partial charge in [-0.1, -0.05) is 35.9 Å². The first-order valence-corrected chi connectivity index (χ1v) is 13.6. The van der Waals surface area contributed by atoms with E-state index in [1.165, 1.54) is 18.8 Å². The number of carbonyl (C=O) groups is 1. The summed E-state index contributed by atoms with van der Waals surface area (Å²) in [6.07, 6.45) is 7.30. The number of benzene rings is 2. The van der Waals surface area contributed by atoms with Gasteiger partial charge in [-0.15, -0.1) is 5.10 Å². The second-order valence-corrected chi connectivity index (χ2v) is 11.7. The first kappa shape index (κ1) is 27.3. The van der Waals surface area contributed by atoms with Crippen molar-refractivity contribution in [1.29, 1.82) is 0 Å². The van der Waals surface area contributed by atoms with Crippen LogP contribution in [0.15, 0.2) is 54.1 Å². The lowest BCUT2D eigenvalue weighted by atomic mass is 9.79. The summed E-state index contributed by atoms with van der Waals surface area (Å²) in [5.74, 6) is -0.885. The van der Waals surface area contributed by atoms with E-state index in [-0.39, 0.29) is 17.4 Å². The van der Waals surface area contributed by atoms with Crippen molar-refractivity contribution in [3.63, 3.8) is 0 Å². The molecule has 0 N–H and O–H groups in total. The quantitative estimate of drug-likeness (QED) is 0.256. The number of methoxy groups -OCH3 is 1. The van der Waals surface area contributed by atoms with Crippen LogP contribution in [0, 0.1) is 5.95 Å². The minimum atomic E-state index is -0.485. The highest BCUT2D eigenvalue weighted by atomic mass is 19.1. The summed E-state index contributed by atoms with van der Waals surface area (Å²) in [6.45, 7) is 9.12. The Hall–Kier alpha value is -3.29. The maximum absolute atomic E-state index is 15.3. The van der Waals surface area contributed by atoms with Crippen LogP contribution in [-0.2, 0) is 19.0 Å². The molecule has 1 unspecified atom stereocenters. The van der Waals surface area contributed by atoms with E-state index in [1.807, 2.05) is 24.3 Å². The molecular formula is C32H37FN2O4. The van der Waals surface area contributed by atoms with Crippen LogP contribution < -0.4 is 0 Å². The zero-order valence-corrected chi connectivity index (χ0v) is 23.4. The molecule has 39 heavy (non-hydrogen) atoms. The summed E-state index contributed by atoms with van der Waals surface area (Å²) in [4.78, 5) is 11.5. The largest absolute Gasteiger partial charge is 0.466 e.